The Kier molecular flexibility index (Phi) is 9.45. The van der Waals surface area contributed by atoms with Crippen LogP contribution in [0.5, 0.6) is 0 Å². The van der Waals surface area contributed by atoms with Gasteiger partial charge in [-0.15, -0.1) is 0 Å². The Hall–Kier alpha value is -1.81. The van der Waals surface area contributed by atoms with E-state index in [1.54, 1.807) is 4.90 Å². The third-order valence-electron chi connectivity index (χ3n) is 5.38. The fourth-order valence-corrected chi connectivity index (χ4v) is 4.07. The molecule has 1 unspecified atom stereocenters. The maximum absolute atomic E-state index is 12.8. The number of hydrogen-bond acceptors (Lipinski definition) is 6. The van der Waals surface area contributed by atoms with E-state index in [1.807, 2.05) is 18.2 Å². The molecule has 1 saturated heterocycles. The number of benzene rings is 1. The lowest BCUT2D eigenvalue weighted by Gasteiger charge is -2.29. The zero-order valence-corrected chi connectivity index (χ0v) is 19.2. The minimum absolute atomic E-state index is 0.139. The molecule has 2 aliphatic heterocycles. The summed E-state index contributed by atoms with van der Waals surface area (Å²) in [6.07, 6.45) is 2.25. The molecule has 0 saturated carbocycles. The van der Waals surface area contributed by atoms with Crippen LogP contribution in [-0.4, -0.2) is 73.6 Å². The van der Waals surface area contributed by atoms with Gasteiger partial charge in [0.25, 0.3) is 5.91 Å². The molecule has 1 atom stereocenters. The van der Waals surface area contributed by atoms with Crippen molar-refractivity contribution in [2.75, 3.05) is 45.0 Å². The first-order chi connectivity index (χ1) is 15.1. The van der Waals surface area contributed by atoms with Crippen molar-refractivity contribution in [1.82, 2.24) is 10.2 Å². The number of aryl methyl sites for hydroxylation is 1. The van der Waals surface area contributed by atoms with Crippen LogP contribution >= 0.6 is 15.9 Å². The molecule has 0 aliphatic carbocycles. The maximum Gasteiger partial charge on any atom is 0.255 e. The first-order valence-electron chi connectivity index (χ1n) is 10.7. The van der Waals surface area contributed by atoms with E-state index in [-0.39, 0.29) is 24.1 Å². The van der Waals surface area contributed by atoms with Crippen LogP contribution in [0.2, 0.25) is 0 Å². The van der Waals surface area contributed by atoms with Crippen LogP contribution < -0.4 is 5.32 Å². The van der Waals surface area contributed by atoms with Gasteiger partial charge in [0, 0.05) is 30.5 Å². The predicted molar refractivity (Wildman–Crippen MR) is 117 cm³/mol. The van der Waals surface area contributed by atoms with Gasteiger partial charge in [-0.2, -0.15) is 0 Å². The number of nitrogens with one attached hydrogen (secondary N) is 1. The Morgan fingerprint density at radius 3 is 2.42 bits per heavy atom. The average molecular weight is 497 g/mol. The van der Waals surface area contributed by atoms with Crippen molar-refractivity contribution in [3.63, 3.8) is 0 Å². The van der Waals surface area contributed by atoms with Crippen molar-refractivity contribution in [2.24, 2.45) is 0 Å². The molecular formula is C22H29BrN2O6. The van der Waals surface area contributed by atoms with Crippen molar-refractivity contribution in [3.8, 4) is 0 Å². The molecule has 9 heteroatoms. The first kappa shape index (κ1) is 23.8. The van der Waals surface area contributed by atoms with Gasteiger partial charge in [-0.25, -0.2) is 0 Å². The molecule has 1 aromatic rings. The lowest BCUT2D eigenvalue weighted by Crippen LogP contribution is -2.52. The number of ether oxygens (including phenoxy) is 3. The molecule has 2 aliphatic rings. The maximum atomic E-state index is 12.8. The molecule has 0 spiro atoms. The van der Waals surface area contributed by atoms with Gasteiger partial charge in [-0.1, -0.05) is 28.1 Å². The summed E-state index contributed by atoms with van der Waals surface area (Å²) < 4.78 is 16.4. The number of halogens is 1. The average Bonchev–Trinajstić information content (AvgIpc) is 3.09. The lowest BCUT2D eigenvalue weighted by molar-refractivity contribution is -0.136. The van der Waals surface area contributed by atoms with Crippen molar-refractivity contribution >= 4 is 33.7 Å². The minimum atomic E-state index is -0.585. The van der Waals surface area contributed by atoms with Gasteiger partial charge in [0.15, 0.2) is 0 Å². The number of rotatable bonds is 13. The van der Waals surface area contributed by atoms with Crippen LogP contribution in [0.1, 0.15) is 40.7 Å². The Labute approximate surface area is 190 Å². The predicted octanol–water partition coefficient (Wildman–Crippen LogP) is 1.82. The highest BCUT2D eigenvalue weighted by Gasteiger charge is 2.39. The zero-order valence-electron chi connectivity index (χ0n) is 17.6. The van der Waals surface area contributed by atoms with E-state index in [9.17, 15) is 14.4 Å². The summed E-state index contributed by atoms with van der Waals surface area (Å²) in [4.78, 5) is 38.0. The Bertz CT molecular complexity index is 787. The molecule has 1 aromatic carbocycles. The molecule has 2 heterocycles. The monoisotopic (exact) mass is 496 g/mol. The van der Waals surface area contributed by atoms with Gasteiger partial charge in [-0.05, 0) is 36.5 Å². The number of imide groups is 1. The van der Waals surface area contributed by atoms with Crippen molar-refractivity contribution < 1.29 is 28.6 Å². The molecular weight excluding hydrogens is 468 g/mol. The number of piperidine rings is 1. The summed E-state index contributed by atoms with van der Waals surface area (Å²) in [7, 11) is 0. The molecule has 3 rings (SSSR count). The van der Waals surface area contributed by atoms with E-state index in [0.29, 0.717) is 58.2 Å². The van der Waals surface area contributed by atoms with Gasteiger partial charge in [0.05, 0.1) is 33.0 Å². The molecule has 8 nitrogen and oxygen atoms in total. The third-order valence-corrected chi connectivity index (χ3v) is 5.70. The molecule has 3 amide bonds. The van der Waals surface area contributed by atoms with Gasteiger partial charge >= 0.3 is 0 Å². The topological polar surface area (TPSA) is 94.2 Å². The van der Waals surface area contributed by atoms with E-state index in [1.165, 1.54) is 0 Å². The molecule has 1 N–H and O–H groups in total. The van der Waals surface area contributed by atoms with Gasteiger partial charge in [0.2, 0.25) is 11.8 Å². The van der Waals surface area contributed by atoms with Crippen LogP contribution in [0.3, 0.4) is 0 Å². The highest BCUT2D eigenvalue weighted by molar-refractivity contribution is 9.09. The minimum Gasteiger partial charge on any atom is -0.379 e. The quantitative estimate of drug-likeness (QED) is 0.254. The van der Waals surface area contributed by atoms with E-state index in [4.69, 9.17) is 14.2 Å². The summed E-state index contributed by atoms with van der Waals surface area (Å²) >= 11 is 3.30. The Balaban J connectivity index is 1.40. The van der Waals surface area contributed by atoms with E-state index < -0.39 is 6.04 Å². The second-order valence-electron chi connectivity index (χ2n) is 7.47. The number of carbonyl (C=O) groups is 3. The van der Waals surface area contributed by atoms with Crippen LogP contribution in [0, 0.1) is 0 Å². The molecule has 31 heavy (non-hydrogen) atoms. The summed E-state index contributed by atoms with van der Waals surface area (Å²) in [6.45, 7) is 3.91. The number of fused-ring (bicyclic) bond motifs is 1. The summed E-state index contributed by atoms with van der Waals surface area (Å²) in [6, 6.07) is 5.13. The summed E-state index contributed by atoms with van der Waals surface area (Å²) in [5.41, 5.74) is 2.73. The van der Waals surface area contributed by atoms with Crippen LogP contribution in [-0.2, 0) is 36.8 Å². The molecule has 1 fully saturated rings. The number of nitrogens with zero attached hydrogens (tertiary/aromatic N) is 1. The molecule has 0 radical (unpaired) electrons. The van der Waals surface area contributed by atoms with Crippen LogP contribution in [0.15, 0.2) is 18.2 Å². The van der Waals surface area contributed by atoms with Crippen molar-refractivity contribution in [1.29, 1.82) is 0 Å². The van der Waals surface area contributed by atoms with Crippen LogP contribution in [0.25, 0.3) is 0 Å². The largest absolute Gasteiger partial charge is 0.379 e. The van der Waals surface area contributed by atoms with E-state index in [0.717, 1.165) is 29.3 Å². The number of hydrogen-bond donors (Lipinski definition) is 1. The van der Waals surface area contributed by atoms with Crippen molar-refractivity contribution in [3.05, 3.63) is 34.9 Å². The van der Waals surface area contributed by atoms with E-state index >= 15 is 0 Å². The second-order valence-corrected chi connectivity index (χ2v) is 8.27. The van der Waals surface area contributed by atoms with E-state index in [2.05, 4.69) is 21.2 Å². The van der Waals surface area contributed by atoms with Gasteiger partial charge in [0.1, 0.15) is 6.04 Å². The van der Waals surface area contributed by atoms with Gasteiger partial charge in [-0.3, -0.25) is 19.7 Å². The van der Waals surface area contributed by atoms with Crippen LogP contribution in [0.4, 0.5) is 0 Å². The number of alkyl halides is 1. The smallest absolute Gasteiger partial charge is 0.255 e. The zero-order chi connectivity index (χ0) is 22.1. The number of carbonyl (C=O) groups excluding carboxylic acids is 3. The van der Waals surface area contributed by atoms with Gasteiger partial charge < -0.3 is 19.1 Å². The van der Waals surface area contributed by atoms with Crippen molar-refractivity contribution in [2.45, 2.75) is 38.3 Å². The third kappa shape index (κ3) is 6.58. The summed E-state index contributed by atoms with van der Waals surface area (Å²) in [5, 5.41) is 3.16. The summed E-state index contributed by atoms with van der Waals surface area (Å²) in [5.74, 6) is -0.802. The normalized spacial score (nSPS) is 18.4. The molecule has 0 aromatic heterocycles. The fourth-order valence-electron chi connectivity index (χ4n) is 3.85. The number of amides is 3. The standard InChI is InChI=1S/C22H29BrN2O6/c23-8-10-30-12-14-31-13-11-29-9-2-4-16-3-1-5-17-18(16)15-25(22(17)28)19-6-7-20(26)24-21(19)27/h1,3,5,19H,2,4,6-15H2,(H,24,26,27). The second kappa shape index (κ2) is 12.3. The highest BCUT2D eigenvalue weighted by Crippen LogP contribution is 2.30. The molecule has 0 bridgehead atoms. The highest BCUT2D eigenvalue weighted by atomic mass is 79.9. The Morgan fingerprint density at radius 2 is 1.71 bits per heavy atom. The first-order valence-corrected chi connectivity index (χ1v) is 11.8. The molecule has 170 valence electrons. The SMILES string of the molecule is O=C1CCC(N2Cc3c(CCCOCCOCCOCCBr)cccc3C2=O)C(=O)N1. The lowest BCUT2D eigenvalue weighted by atomic mass is 10.00. The fraction of sp³-hybridized carbons (Fsp3) is 0.591. The Morgan fingerprint density at radius 1 is 1.00 bits per heavy atom.